The van der Waals surface area contributed by atoms with Crippen LogP contribution in [0.5, 0.6) is 5.75 Å². The molecule has 1 aliphatic rings. The second-order valence-electron chi connectivity index (χ2n) is 9.46. The number of carbonyl (C=O) groups is 3. The fourth-order valence-electron chi connectivity index (χ4n) is 4.59. The third kappa shape index (κ3) is 5.52. The van der Waals surface area contributed by atoms with Gasteiger partial charge in [-0.25, -0.2) is 9.69 Å². The van der Waals surface area contributed by atoms with Gasteiger partial charge in [0.1, 0.15) is 17.9 Å². The zero-order valence-corrected chi connectivity index (χ0v) is 25.2. The summed E-state index contributed by atoms with van der Waals surface area (Å²) < 4.78 is 9.84. The molecule has 2 heterocycles. The van der Waals surface area contributed by atoms with Gasteiger partial charge in [-0.05, 0) is 104 Å². The lowest BCUT2D eigenvalue weighted by atomic mass is 10.1. The summed E-state index contributed by atoms with van der Waals surface area (Å²) in [5, 5.41) is 2.29. The SMILES string of the molecule is Cc1cc(N2C(=O)NC(=O)/C(=C\c3cc(C)n(-c4ccc(OCc5ccc(Br)cc5)cc4)c3C)C2=O)ccc1Br. The Kier molecular flexibility index (Phi) is 7.78. The van der Waals surface area contributed by atoms with Crippen LogP contribution < -0.4 is 15.0 Å². The molecule has 0 saturated carbocycles. The molecule has 0 atom stereocenters. The first kappa shape index (κ1) is 27.6. The lowest BCUT2D eigenvalue weighted by Crippen LogP contribution is -2.54. The molecule has 202 valence electrons. The van der Waals surface area contributed by atoms with Crippen molar-refractivity contribution in [1.82, 2.24) is 9.88 Å². The number of barbiturate groups is 1. The Bertz CT molecular complexity index is 1670. The summed E-state index contributed by atoms with van der Waals surface area (Å²) in [7, 11) is 0. The third-order valence-electron chi connectivity index (χ3n) is 6.69. The molecular weight excluding hydrogens is 638 g/mol. The molecule has 1 N–H and O–H groups in total. The minimum absolute atomic E-state index is 0.114. The van der Waals surface area contributed by atoms with Gasteiger partial charge in [-0.1, -0.05) is 44.0 Å². The fourth-order valence-corrected chi connectivity index (χ4v) is 5.10. The van der Waals surface area contributed by atoms with Gasteiger partial charge in [-0.2, -0.15) is 0 Å². The van der Waals surface area contributed by atoms with Crippen LogP contribution in [-0.4, -0.2) is 22.4 Å². The van der Waals surface area contributed by atoms with Crippen LogP contribution in [0.2, 0.25) is 0 Å². The summed E-state index contributed by atoms with van der Waals surface area (Å²) >= 11 is 6.87. The Morgan fingerprint density at radius 2 is 1.52 bits per heavy atom. The number of halogens is 2. The van der Waals surface area contributed by atoms with Gasteiger partial charge >= 0.3 is 6.03 Å². The Morgan fingerprint density at radius 1 is 0.850 bits per heavy atom. The number of anilines is 1. The van der Waals surface area contributed by atoms with Crippen LogP contribution in [0.3, 0.4) is 0 Å². The quantitative estimate of drug-likeness (QED) is 0.175. The van der Waals surface area contributed by atoms with Crippen molar-refractivity contribution in [2.75, 3.05) is 4.90 Å². The molecular formula is C31H25Br2N3O4. The predicted molar refractivity (Wildman–Crippen MR) is 162 cm³/mol. The monoisotopic (exact) mass is 661 g/mol. The van der Waals surface area contributed by atoms with E-state index in [0.717, 1.165) is 47.8 Å². The van der Waals surface area contributed by atoms with Gasteiger partial charge in [0.05, 0.1) is 5.69 Å². The summed E-state index contributed by atoms with van der Waals surface area (Å²) in [5.74, 6) is -0.654. The number of aromatic nitrogens is 1. The fraction of sp³-hybridized carbons (Fsp3) is 0.129. The number of aryl methyl sites for hydroxylation is 2. The van der Waals surface area contributed by atoms with Crippen LogP contribution in [0.4, 0.5) is 10.5 Å². The molecule has 1 fully saturated rings. The van der Waals surface area contributed by atoms with Gasteiger partial charge in [0.2, 0.25) is 0 Å². The molecule has 4 amide bonds. The van der Waals surface area contributed by atoms with Gasteiger partial charge in [0.15, 0.2) is 0 Å². The number of imide groups is 2. The number of benzene rings is 3. The number of nitrogens with one attached hydrogen (secondary N) is 1. The molecule has 1 aromatic heterocycles. The predicted octanol–water partition coefficient (Wildman–Crippen LogP) is 7.17. The van der Waals surface area contributed by atoms with Crippen LogP contribution >= 0.6 is 31.9 Å². The maximum atomic E-state index is 13.4. The molecule has 40 heavy (non-hydrogen) atoms. The van der Waals surface area contributed by atoms with Crippen molar-refractivity contribution in [2.24, 2.45) is 0 Å². The van der Waals surface area contributed by atoms with Gasteiger partial charge < -0.3 is 9.30 Å². The average molecular weight is 663 g/mol. The van der Waals surface area contributed by atoms with Crippen molar-refractivity contribution in [2.45, 2.75) is 27.4 Å². The number of hydrogen-bond donors (Lipinski definition) is 1. The summed E-state index contributed by atoms with van der Waals surface area (Å²) in [5.41, 5.74) is 5.58. The van der Waals surface area contributed by atoms with E-state index in [1.54, 1.807) is 18.2 Å². The van der Waals surface area contributed by atoms with E-state index in [4.69, 9.17) is 4.74 Å². The molecule has 9 heteroatoms. The second kappa shape index (κ2) is 11.3. The van der Waals surface area contributed by atoms with Gasteiger partial charge in [-0.15, -0.1) is 0 Å². The molecule has 7 nitrogen and oxygen atoms in total. The van der Waals surface area contributed by atoms with E-state index in [9.17, 15) is 14.4 Å². The zero-order chi connectivity index (χ0) is 28.6. The molecule has 0 bridgehead atoms. The highest BCUT2D eigenvalue weighted by atomic mass is 79.9. The van der Waals surface area contributed by atoms with Gasteiger partial charge in [0.25, 0.3) is 11.8 Å². The largest absolute Gasteiger partial charge is 0.489 e. The summed E-state index contributed by atoms with van der Waals surface area (Å²) in [6, 6.07) is 22.0. The van der Waals surface area contributed by atoms with Crippen molar-refractivity contribution < 1.29 is 19.1 Å². The highest BCUT2D eigenvalue weighted by Crippen LogP contribution is 2.29. The average Bonchev–Trinajstić information content (AvgIpc) is 3.20. The molecule has 1 saturated heterocycles. The highest BCUT2D eigenvalue weighted by molar-refractivity contribution is 9.10. The van der Waals surface area contributed by atoms with Crippen LogP contribution in [0.1, 0.15) is 28.1 Å². The molecule has 1 aliphatic heterocycles. The lowest BCUT2D eigenvalue weighted by Gasteiger charge is -2.26. The Morgan fingerprint density at radius 3 is 2.20 bits per heavy atom. The van der Waals surface area contributed by atoms with E-state index < -0.39 is 17.8 Å². The van der Waals surface area contributed by atoms with Gasteiger partial charge in [0, 0.05) is 26.0 Å². The second-order valence-corrected chi connectivity index (χ2v) is 11.2. The number of urea groups is 1. The normalized spacial score (nSPS) is 14.6. The van der Waals surface area contributed by atoms with Crippen molar-refractivity contribution in [3.63, 3.8) is 0 Å². The number of rotatable bonds is 6. The zero-order valence-electron chi connectivity index (χ0n) is 22.0. The van der Waals surface area contributed by atoms with Crippen LogP contribution in [0.15, 0.2) is 87.3 Å². The van der Waals surface area contributed by atoms with Crippen molar-refractivity contribution >= 4 is 61.5 Å². The van der Waals surface area contributed by atoms with E-state index in [-0.39, 0.29) is 5.57 Å². The molecule has 0 spiro atoms. The molecule has 4 aromatic rings. The third-order valence-corrected chi connectivity index (χ3v) is 8.10. The minimum Gasteiger partial charge on any atom is -0.489 e. The van der Waals surface area contributed by atoms with Crippen molar-refractivity contribution in [3.05, 3.63) is 115 Å². The molecule has 5 rings (SSSR count). The number of amides is 4. The van der Waals surface area contributed by atoms with E-state index in [2.05, 4.69) is 37.2 Å². The van der Waals surface area contributed by atoms with E-state index in [1.807, 2.05) is 79.9 Å². The van der Waals surface area contributed by atoms with E-state index in [0.29, 0.717) is 17.9 Å². The first-order valence-corrected chi connectivity index (χ1v) is 14.0. The highest BCUT2D eigenvalue weighted by Gasteiger charge is 2.37. The lowest BCUT2D eigenvalue weighted by molar-refractivity contribution is -0.122. The van der Waals surface area contributed by atoms with E-state index >= 15 is 0 Å². The van der Waals surface area contributed by atoms with Gasteiger partial charge in [-0.3, -0.25) is 14.9 Å². The molecule has 0 aliphatic carbocycles. The first-order valence-electron chi connectivity index (χ1n) is 12.5. The smallest absolute Gasteiger partial charge is 0.335 e. The number of carbonyl (C=O) groups excluding carboxylic acids is 3. The van der Waals surface area contributed by atoms with E-state index in [1.165, 1.54) is 6.08 Å². The summed E-state index contributed by atoms with van der Waals surface area (Å²) in [4.78, 5) is 39.7. The molecule has 0 unspecified atom stereocenters. The number of ether oxygens (including phenoxy) is 1. The Hall–Kier alpha value is -3.95. The Labute approximate surface area is 248 Å². The summed E-state index contributed by atoms with van der Waals surface area (Å²) in [6.45, 7) is 6.19. The number of nitrogens with zero attached hydrogens (tertiary/aromatic N) is 2. The first-order chi connectivity index (χ1) is 19.1. The van der Waals surface area contributed by atoms with Crippen molar-refractivity contribution in [3.8, 4) is 11.4 Å². The van der Waals surface area contributed by atoms with Crippen molar-refractivity contribution in [1.29, 1.82) is 0 Å². The van der Waals surface area contributed by atoms with Crippen LogP contribution in [-0.2, 0) is 16.2 Å². The molecule has 0 radical (unpaired) electrons. The molecule has 3 aromatic carbocycles. The van der Waals surface area contributed by atoms with Crippen LogP contribution in [0, 0.1) is 20.8 Å². The maximum absolute atomic E-state index is 13.4. The topological polar surface area (TPSA) is 80.6 Å². The van der Waals surface area contributed by atoms with Crippen LogP contribution in [0.25, 0.3) is 11.8 Å². The maximum Gasteiger partial charge on any atom is 0.335 e. The summed E-state index contributed by atoms with van der Waals surface area (Å²) in [6.07, 6.45) is 1.54. The Balaban J connectivity index is 1.40. The number of hydrogen-bond acceptors (Lipinski definition) is 4. The standard InChI is InChI=1S/C31H25Br2N3O4/c1-18-14-25(10-13-28(18)33)36-30(38)27(29(37)34-31(36)39)16-22-15-19(2)35(20(22)3)24-8-11-26(12-9-24)40-17-21-4-6-23(32)7-5-21/h4-16H,17H2,1-3H3,(H,34,37,39)/b27-16+. The minimum atomic E-state index is -0.776.